The maximum absolute atomic E-state index is 13.3. The third kappa shape index (κ3) is 4.33. The summed E-state index contributed by atoms with van der Waals surface area (Å²) in [5.74, 6) is -0.372. The molecule has 0 heterocycles. The Morgan fingerprint density at radius 2 is 1.55 bits per heavy atom. The van der Waals surface area contributed by atoms with E-state index in [4.69, 9.17) is 5.73 Å². The molecule has 4 aromatic carbocycles. The summed E-state index contributed by atoms with van der Waals surface area (Å²) in [6.45, 7) is 0. The van der Waals surface area contributed by atoms with Gasteiger partial charge in [-0.25, -0.2) is 4.39 Å². The molecule has 0 spiro atoms. The number of carbonyl (C=O) groups excluding carboxylic acids is 1. The fourth-order valence-electron chi connectivity index (χ4n) is 3.41. The Bertz CT molecular complexity index is 1150. The summed E-state index contributed by atoms with van der Waals surface area (Å²) in [5, 5.41) is 2.13. The summed E-state index contributed by atoms with van der Waals surface area (Å²) in [7, 11) is 0. The quantitative estimate of drug-likeness (QED) is 0.223. The number of rotatable bonds is 6. The van der Waals surface area contributed by atoms with E-state index in [0.29, 0.717) is 17.7 Å². The van der Waals surface area contributed by atoms with Crippen molar-refractivity contribution in [2.24, 2.45) is 0 Å². The third-order valence-corrected chi connectivity index (χ3v) is 6.23. The standard InChI is InChI=1S/C25H20FNOS/c26-19-14-12-18(13-15-19)23(28)16-25(29-24-11-4-3-10-22(24)27)21-9-5-7-17-6-1-2-8-20(17)21/h1-15,25H,16,27H2/t25-/m1/s1. The molecule has 29 heavy (non-hydrogen) atoms. The van der Waals surface area contributed by atoms with Crippen LogP contribution in [0.5, 0.6) is 0 Å². The monoisotopic (exact) mass is 401 g/mol. The average Bonchev–Trinajstić information content (AvgIpc) is 2.75. The Labute approximate surface area is 173 Å². The van der Waals surface area contributed by atoms with Crippen LogP contribution in [0.15, 0.2) is 95.9 Å². The van der Waals surface area contributed by atoms with Gasteiger partial charge in [0.1, 0.15) is 5.82 Å². The van der Waals surface area contributed by atoms with E-state index in [1.54, 1.807) is 23.9 Å². The molecule has 0 fully saturated rings. The topological polar surface area (TPSA) is 43.1 Å². The number of carbonyl (C=O) groups is 1. The third-order valence-electron chi connectivity index (χ3n) is 4.90. The van der Waals surface area contributed by atoms with Crippen molar-refractivity contribution in [3.8, 4) is 0 Å². The van der Waals surface area contributed by atoms with E-state index in [0.717, 1.165) is 21.2 Å². The zero-order valence-electron chi connectivity index (χ0n) is 15.7. The number of anilines is 1. The highest BCUT2D eigenvalue weighted by atomic mass is 32.2. The molecule has 0 radical (unpaired) electrons. The van der Waals surface area contributed by atoms with Gasteiger partial charge in [-0.05, 0) is 52.7 Å². The van der Waals surface area contributed by atoms with Crippen molar-refractivity contribution >= 4 is 34.0 Å². The molecule has 2 nitrogen and oxygen atoms in total. The van der Waals surface area contributed by atoms with Crippen LogP contribution in [0.3, 0.4) is 0 Å². The van der Waals surface area contributed by atoms with E-state index in [-0.39, 0.29) is 16.9 Å². The van der Waals surface area contributed by atoms with E-state index in [9.17, 15) is 9.18 Å². The van der Waals surface area contributed by atoms with Gasteiger partial charge in [-0.15, -0.1) is 11.8 Å². The zero-order chi connectivity index (χ0) is 20.2. The number of nitrogen functional groups attached to an aromatic ring is 1. The van der Waals surface area contributed by atoms with Gasteiger partial charge in [0.25, 0.3) is 0 Å². The van der Waals surface area contributed by atoms with Crippen LogP contribution in [0.1, 0.15) is 27.6 Å². The predicted molar refractivity (Wildman–Crippen MR) is 119 cm³/mol. The first-order chi connectivity index (χ1) is 14.1. The molecule has 0 saturated carbocycles. The Hall–Kier alpha value is -3.11. The summed E-state index contributed by atoms with van der Waals surface area (Å²) < 4.78 is 13.3. The van der Waals surface area contributed by atoms with Gasteiger partial charge in [-0.3, -0.25) is 4.79 Å². The molecule has 0 aliphatic heterocycles. The van der Waals surface area contributed by atoms with Crippen LogP contribution in [-0.4, -0.2) is 5.78 Å². The summed E-state index contributed by atoms with van der Waals surface area (Å²) in [4.78, 5) is 13.9. The lowest BCUT2D eigenvalue weighted by Crippen LogP contribution is -2.06. The Morgan fingerprint density at radius 1 is 0.862 bits per heavy atom. The largest absolute Gasteiger partial charge is 0.398 e. The number of hydrogen-bond donors (Lipinski definition) is 1. The molecule has 2 N–H and O–H groups in total. The second-order valence-electron chi connectivity index (χ2n) is 6.85. The van der Waals surface area contributed by atoms with E-state index in [1.807, 2.05) is 42.5 Å². The molecule has 4 heteroatoms. The second kappa shape index (κ2) is 8.50. The molecule has 0 aliphatic rings. The number of hydrogen-bond acceptors (Lipinski definition) is 3. The van der Waals surface area contributed by atoms with Crippen LogP contribution in [0.2, 0.25) is 0 Å². The molecular weight excluding hydrogens is 381 g/mol. The highest BCUT2D eigenvalue weighted by Crippen LogP contribution is 2.43. The van der Waals surface area contributed by atoms with Crippen molar-refractivity contribution in [1.29, 1.82) is 0 Å². The lowest BCUT2D eigenvalue weighted by atomic mass is 9.97. The summed E-state index contributed by atoms with van der Waals surface area (Å²) in [6.07, 6.45) is 0.290. The van der Waals surface area contributed by atoms with Crippen LogP contribution in [-0.2, 0) is 0 Å². The van der Waals surface area contributed by atoms with Crippen molar-refractivity contribution in [3.05, 3.63) is 108 Å². The molecular formula is C25H20FNOS. The van der Waals surface area contributed by atoms with E-state index in [2.05, 4.69) is 24.3 Å². The van der Waals surface area contributed by atoms with Crippen molar-refractivity contribution in [1.82, 2.24) is 0 Å². The van der Waals surface area contributed by atoms with Crippen LogP contribution < -0.4 is 5.73 Å². The Morgan fingerprint density at radius 3 is 2.34 bits per heavy atom. The lowest BCUT2D eigenvalue weighted by Gasteiger charge is -2.19. The predicted octanol–water partition coefficient (Wildman–Crippen LogP) is 6.67. The minimum absolute atomic E-state index is 0.0232. The zero-order valence-corrected chi connectivity index (χ0v) is 16.5. The van der Waals surface area contributed by atoms with Gasteiger partial charge in [0.15, 0.2) is 5.78 Å². The number of halogens is 1. The smallest absolute Gasteiger partial charge is 0.164 e. The normalized spacial score (nSPS) is 12.0. The van der Waals surface area contributed by atoms with Crippen molar-refractivity contribution < 1.29 is 9.18 Å². The van der Waals surface area contributed by atoms with Crippen molar-refractivity contribution in [2.45, 2.75) is 16.6 Å². The number of thioether (sulfide) groups is 1. The minimum atomic E-state index is -0.349. The number of fused-ring (bicyclic) bond motifs is 1. The summed E-state index contributed by atoms with van der Waals surface area (Å²) in [5.41, 5.74) is 8.46. The number of benzene rings is 4. The molecule has 0 aliphatic carbocycles. The van der Waals surface area contributed by atoms with Crippen LogP contribution >= 0.6 is 11.8 Å². The molecule has 0 saturated heterocycles. The van der Waals surface area contributed by atoms with Crippen molar-refractivity contribution in [3.63, 3.8) is 0 Å². The number of ketones is 1. The maximum Gasteiger partial charge on any atom is 0.164 e. The van der Waals surface area contributed by atoms with Gasteiger partial charge in [0, 0.05) is 27.8 Å². The van der Waals surface area contributed by atoms with E-state index < -0.39 is 0 Å². The first kappa shape index (κ1) is 19.2. The Kier molecular flexibility index (Phi) is 5.63. The highest BCUT2D eigenvalue weighted by molar-refractivity contribution is 7.99. The number of nitrogens with two attached hydrogens (primary N) is 1. The maximum atomic E-state index is 13.3. The molecule has 144 valence electrons. The van der Waals surface area contributed by atoms with Crippen LogP contribution in [0.4, 0.5) is 10.1 Å². The van der Waals surface area contributed by atoms with Gasteiger partial charge >= 0.3 is 0 Å². The second-order valence-corrected chi connectivity index (χ2v) is 8.09. The SMILES string of the molecule is Nc1ccccc1S[C@H](CC(=O)c1ccc(F)cc1)c1cccc2ccccc12. The van der Waals surface area contributed by atoms with Gasteiger partial charge in [0.2, 0.25) is 0 Å². The molecule has 4 rings (SSSR count). The highest BCUT2D eigenvalue weighted by Gasteiger charge is 2.21. The van der Waals surface area contributed by atoms with Gasteiger partial charge in [0.05, 0.1) is 0 Å². The first-order valence-electron chi connectivity index (χ1n) is 9.39. The van der Waals surface area contributed by atoms with Crippen LogP contribution in [0.25, 0.3) is 10.8 Å². The van der Waals surface area contributed by atoms with Gasteiger partial charge in [-0.1, -0.05) is 54.6 Å². The summed E-state index contributed by atoms with van der Waals surface area (Å²) in [6, 6.07) is 27.7. The average molecular weight is 402 g/mol. The molecule has 0 unspecified atom stereocenters. The van der Waals surface area contributed by atoms with Crippen molar-refractivity contribution in [2.75, 3.05) is 5.73 Å². The Balaban J connectivity index is 1.73. The molecule has 0 bridgehead atoms. The minimum Gasteiger partial charge on any atom is -0.398 e. The lowest BCUT2D eigenvalue weighted by molar-refractivity contribution is 0.0982. The number of para-hydroxylation sites is 1. The molecule has 0 amide bonds. The van der Waals surface area contributed by atoms with Crippen LogP contribution in [0, 0.1) is 5.82 Å². The fraction of sp³-hybridized carbons (Fsp3) is 0.0800. The van der Waals surface area contributed by atoms with Gasteiger partial charge in [-0.2, -0.15) is 0 Å². The molecule has 4 aromatic rings. The molecule has 1 atom stereocenters. The summed E-state index contributed by atoms with van der Waals surface area (Å²) >= 11 is 1.59. The number of Topliss-reactive ketones (excluding diaryl/α,β-unsaturated/α-hetero) is 1. The first-order valence-corrected chi connectivity index (χ1v) is 10.3. The van der Waals surface area contributed by atoms with E-state index in [1.165, 1.54) is 12.1 Å². The molecule has 0 aromatic heterocycles. The van der Waals surface area contributed by atoms with E-state index >= 15 is 0 Å². The fourth-order valence-corrected chi connectivity index (χ4v) is 4.64. The van der Waals surface area contributed by atoms with Gasteiger partial charge < -0.3 is 5.73 Å².